The molecule has 116 valence electrons. The lowest BCUT2D eigenvalue weighted by atomic mass is 10.1. The van der Waals surface area contributed by atoms with Crippen LogP contribution in [0.15, 0.2) is 24.3 Å². The molecule has 1 aromatic rings. The molecule has 1 atom stereocenters. The average Bonchev–Trinajstić information content (AvgIpc) is 2.48. The molecule has 0 aliphatic heterocycles. The van der Waals surface area contributed by atoms with Crippen molar-refractivity contribution in [2.24, 2.45) is 5.73 Å². The zero-order valence-electron chi connectivity index (χ0n) is 12.4. The first kappa shape index (κ1) is 17.0. The van der Waals surface area contributed by atoms with Crippen molar-refractivity contribution in [3.05, 3.63) is 29.8 Å². The molecule has 0 bridgehead atoms. The third-order valence-electron chi connectivity index (χ3n) is 3.19. The zero-order valence-corrected chi connectivity index (χ0v) is 12.4. The number of amides is 1. The molecule has 0 fully saturated rings. The topological polar surface area (TPSA) is 92.9 Å². The molecular formula is C15H22N2O4. The van der Waals surface area contributed by atoms with Crippen molar-refractivity contribution in [1.82, 2.24) is 4.90 Å². The summed E-state index contributed by atoms with van der Waals surface area (Å²) in [5.74, 6) is -0.282. The van der Waals surface area contributed by atoms with Crippen LogP contribution in [0.4, 0.5) is 0 Å². The van der Waals surface area contributed by atoms with Gasteiger partial charge in [0.25, 0.3) is 0 Å². The molecule has 0 saturated heterocycles. The lowest BCUT2D eigenvalue weighted by molar-refractivity contribution is -0.141. The lowest BCUT2D eigenvalue weighted by Crippen LogP contribution is -2.43. The number of aromatic hydroxyl groups is 1. The Morgan fingerprint density at radius 2 is 1.95 bits per heavy atom. The Morgan fingerprint density at radius 1 is 1.33 bits per heavy atom. The van der Waals surface area contributed by atoms with Crippen LogP contribution >= 0.6 is 0 Å². The number of nitrogens with zero attached hydrogens (tertiary/aromatic N) is 1. The van der Waals surface area contributed by atoms with Gasteiger partial charge in [-0.1, -0.05) is 12.1 Å². The minimum Gasteiger partial charge on any atom is -0.508 e. The fraction of sp³-hybridized carbons (Fsp3) is 0.467. The van der Waals surface area contributed by atoms with Crippen LogP contribution in [-0.4, -0.2) is 48.6 Å². The van der Waals surface area contributed by atoms with Gasteiger partial charge in [-0.15, -0.1) is 0 Å². The molecule has 0 aromatic heterocycles. The van der Waals surface area contributed by atoms with Crippen molar-refractivity contribution in [1.29, 1.82) is 0 Å². The fourth-order valence-corrected chi connectivity index (χ4v) is 1.93. The first-order valence-electron chi connectivity index (χ1n) is 6.79. The standard InChI is InChI=1S/C15H22N2O4/c1-17(9-3-4-14(19)21-2)15(20)13(16)10-11-5-7-12(18)8-6-11/h5-8,13,18H,3-4,9-10,16H2,1-2H3/t13-/m1/s1. The van der Waals surface area contributed by atoms with Crippen LogP contribution < -0.4 is 5.73 Å². The van der Waals surface area contributed by atoms with E-state index < -0.39 is 6.04 Å². The number of hydrogen-bond donors (Lipinski definition) is 2. The Labute approximate surface area is 124 Å². The molecule has 1 aromatic carbocycles. The zero-order chi connectivity index (χ0) is 15.8. The molecule has 0 aliphatic carbocycles. The van der Waals surface area contributed by atoms with Gasteiger partial charge in [0, 0.05) is 20.0 Å². The molecule has 0 spiro atoms. The second-order valence-electron chi connectivity index (χ2n) is 4.92. The van der Waals surface area contributed by atoms with Crippen molar-refractivity contribution in [2.75, 3.05) is 20.7 Å². The number of benzene rings is 1. The Kier molecular flexibility index (Phi) is 6.68. The number of nitrogens with two attached hydrogens (primary N) is 1. The van der Waals surface area contributed by atoms with Gasteiger partial charge in [-0.25, -0.2) is 0 Å². The number of phenolic OH excluding ortho intramolecular Hbond substituents is 1. The van der Waals surface area contributed by atoms with Crippen molar-refractivity contribution in [3.63, 3.8) is 0 Å². The van der Waals surface area contributed by atoms with Gasteiger partial charge >= 0.3 is 5.97 Å². The van der Waals surface area contributed by atoms with Crippen molar-refractivity contribution in [2.45, 2.75) is 25.3 Å². The van der Waals surface area contributed by atoms with Gasteiger partial charge < -0.3 is 20.5 Å². The highest BCUT2D eigenvalue weighted by atomic mass is 16.5. The predicted molar refractivity (Wildman–Crippen MR) is 78.7 cm³/mol. The summed E-state index contributed by atoms with van der Waals surface area (Å²) >= 11 is 0. The highest BCUT2D eigenvalue weighted by Gasteiger charge is 2.18. The molecule has 0 heterocycles. The Morgan fingerprint density at radius 3 is 2.52 bits per heavy atom. The summed E-state index contributed by atoms with van der Waals surface area (Å²) in [6, 6.07) is 5.95. The van der Waals surface area contributed by atoms with Crippen LogP contribution in [0.3, 0.4) is 0 Å². The van der Waals surface area contributed by atoms with Gasteiger partial charge in [-0.2, -0.15) is 0 Å². The summed E-state index contributed by atoms with van der Waals surface area (Å²) in [6.45, 7) is 0.456. The summed E-state index contributed by atoms with van der Waals surface area (Å²) in [7, 11) is 3.00. The normalized spacial score (nSPS) is 11.8. The summed E-state index contributed by atoms with van der Waals surface area (Å²) < 4.78 is 4.54. The third kappa shape index (κ3) is 5.83. The molecule has 6 heteroatoms. The van der Waals surface area contributed by atoms with E-state index in [1.165, 1.54) is 12.0 Å². The fourth-order valence-electron chi connectivity index (χ4n) is 1.93. The smallest absolute Gasteiger partial charge is 0.305 e. The molecule has 0 unspecified atom stereocenters. The number of methoxy groups -OCH3 is 1. The number of phenols is 1. The Balaban J connectivity index is 2.42. The van der Waals surface area contributed by atoms with Crippen LogP contribution in [0.5, 0.6) is 5.75 Å². The summed E-state index contributed by atoms with van der Waals surface area (Å²) in [6.07, 6.45) is 1.22. The monoisotopic (exact) mass is 294 g/mol. The van der Waals surface area contributed by atoms with E-state index in [2.05, 4.69) is 4.74 Å². The molecule has 1 rings (SSSR count). The van der Waals surface area contributed by atoms with Crippen LogP contribution in [0, 0.1) is 0 Å². The summed E-state index contributed by atoms with van der Waals surface area (Å²) in [5.41, 5.74) is 6.79. The largest absolute Gasteiger partial charge is 0.508 e. The molecule has 0 saturated carbocycles. The number of carbonyl (C=O) groups excluding carboxylic acids is 2. The number of ether oxygens (including phenoxy) is 1. The number of likely N-dealkylation sites (N-methyl/N-ethyl adjacent to an activating group) is 1. The minimum absolute atomic E-state index is 0.173. The van der Waals surface area contributed by atoms with E-state index in [9.17, 15) is 14.7 Å². The number of rotatable bonds is 7. The van der Waals surface area contributed by atoms with Gasteiger partial charge in [0.05, 0.1) is 13.2 Å². The van der Waals surface area contributed by atoms with Gasteiger partial charge in [0.1, 0.15) is 5.75 Å². The van der Waals surface area contributed by atoms with Crippen LogP contribution in [0.1, 0.15) is 18.4 Å². The highest BCUT2D eigenvalue weighted by Crippen LogP contribution is 2.11. The first-order chi connectivity index (χ1) is 9.93. The molecule has 6 nitrogen and oxygen atoms in total. The second kappa shape index (κ2) is 8.26. The molecule has 1 amide bonds. The van der Waals surface area contributed by atoms with Crippen LogP contribution in [-0.2, 0) is 20.7 Å². The van der Waals surface area contributed by atoms with E-state index in [-0.39, 0.29) is 24.0 Å². The van der Waals surface area contributed by atoms with Gasteiger partial charge in [0.15, 0.2) is 0 Å². The SMILES string of the molecule is COC(=O)CCCN(C)C(=O)[C@H](N)Cc1ccc(O)cc1. The Bertz CT molecular complexity index is 473. The van der Waals surface area contributed by atoms with E-state index in [0.29, 0.717) is 19.4 Å². The number of carbonyl (C=O) groups is 2. The number of hydrogen-bond acceptors (Lipinski definition) is 5. The minimum atomic E-state index is -0.641. The molecular weight excluding hydrogens is 272 g/mol. The summed E-state index contributed by atoms with van der Waals surface area (Å²) in [4.78, 5) is 24.6. The van der Waals surface area contributed by atoms with Gasteiger partial charge in [-0.3, -0.25) is 9.59 Å². The molecule has 21 heavy (non-hydrogen) atoms. The van der Waals surface area contributed by atoms with Crippen LogP contribution in [0.25, 0.3) is 0 Å². The molecule has 0 aliphatic rings. The van der Waals surface area contributed by atoms with E-state index in [1.54, 1.807) is 31.3 Å². The molecule has 3 N–H and O–H groups in total. The Hall–Kier alpha value is -2.08. The van der Waals surface area contributed by atoms with Crippen molar-refractivity contribution < 1.29 is 19.4 Å². The number of esters is 1. The second-order valence-corrected chi connectivity index (χ2v) is 4.92. The van der Waals surface area contributed by atoms with E-state index >= 15 is 0 Å². The van der Waals surface area contributed by atoms with E-state index in [1.807, 2.05) is 0 Å². The first-order valence-corrected chi connectivity index (χ1v) is 6.79. The lowest BCUT2D eigenvalue weighted by Gasteiger charge is -2.21. The van der Waals surface area contributed by atoms with Crippen molar-refractivity contribution in [3.8, 4) is 5.75 Å². The highest BCUT2D eigenvalue weighted by molar-refractivity contribution is 5.81. The van der Waals surface area contributed by atoms with Crippen molar-refractivity contribution >= 4 is 11.9 Å². The van der Waals surface area contributed by atoms with Crippen LogP contribution in [0.2, 0.25) is 0 Å². The quantitative estimate of drug-likeness (QED) is 0.721. The van der Waals surface area contributed by atoms with E-state index in [4.69, 9.17) is 5.73 Å². The average molecular weight is 294 g/mol. The maximum absolute atomic E-state index is 12.1. The maximum atomic E-state index is 12.1. The predicted octanol–water partition coefficient (Wildman–Crippen LogP) is 0.674. The third-order valence-corrected chi connectivity index (χ3v) is 3.19. The maximum Gasteiger partial charge on any atom is 0.305 e. The van der Waals surface area contributed by atoms with E-state index in [0.717, 1.165) is 5.56 Å². The van der Waals surface area contributed by atoms with Gasteiger partial charge in [-0.05, 0) is 30.5 Å². The molecule has 0 radical (unpaired) electrons. The van der Waals surface area contributed by atoms with Gasteiger partial charge in [0.2, 0.25) is 5.91 Å². The summed E-state index contributed by atoms with van der Waals surface area (Å²) in [5, 5.41) is 9.21.